The zero-order chi connectivity index (χ0) is 25.8. The fraction of sp³-hybridized carbons (Fsp3) is 0.633. The Bertz CT molecular complexity index is 1060. The molecule has 2 aliphatic carbocycles. The summed E-state index contributed by atoms with van der Waals surface area (Å²) in [6.45, 7) is 6.33. The zero-order valence-electron chi connectivity index (χ0n) is 22.4. The van der Waals surface area contributed by atoms with Gasteiger partial charge in [0.2, 0.25) is 5.95 Å². The normalized spacial score (nSPS) is 22.5. The Kier molecular flexibility index (Phi) is 8.40. The van der Waals surface area contributed by atoms with E-state index >= 15 is 0 Å². The molecule has 2 unspecified atom stereocenters. The molecular weight excluding hydrogens is 464 g/mol. The molecule has 1 aromatic heterocycles. The summed E-state index contributed by atoms with van der Waals surface area (Å²) < 4.78 is 5.80. The number of carbonyl (C=O) groups is 1. The van der Waals surface area contributed by atoms with Gasteiger partial charge in [0.25, 0.3) is 0 Å². The monoisotopic (exact) mass is 506 g/mol. The van der Waals surface area contributed by atoms with Crippen LogP contribution in [0.25, 0.3) is 0 Å². The molecule has 3 aliphatic rings. The molecule has 0 bridgehead atoms. The SMILES string of the molecule is CC(C)CCC1Cc2c(Nc3ccc(C4CCCCC4)cc3)nc(N3CCOC(CCO)C3)nc2C1=O. The maximum Gasteiger partial charge on any atom is 0.228 e. The van der Waals surface area contributed by atoms with Crippen molar-refractivity contribution in [2.24, 2.45) is 11.8 Å². The van der Waals surface area contributed by atoms with Gasteiger partial charge in [0.05, 0.1) is 12.7 Å². The van der Waals surface area contributed by atoms with Crippen molar-refractivity contribution in [3.8, 4) is 0 Å². The third-order valence-corrected chi connectivity index (χ3v) is 8.27. The van der Waals surface area contributed by atoms with E-state index in [1.807, 2.05) is 0 Å². The fourth-order valence-corrected chi connectivity index (χ4v) is 6.05. The molecule has 5 rings (SSSR count). The second-order valence-corrected chi connectivity index (χ2v) is 11.5. The van der Waals surface area contributed by atoms with Gasteiger partial charge in [-0.3, -0.25) is 4.79 Å². The van der Waals surface area contributed by atoms with E-state index in [0.29, 0.717) is 56.0 Å². The van der Waals surface area contributed by atoms with Crippen LogP contribution in [0.2, 0.25) is 0 Å². The van der Waals surface area contributed by atoms with Gasteiger partial charge in [-0.05, 0) is 61.6 Å². The molecule has 1 saturated carbocycles. The van der Waals surface area contributed by atoms with E-state index in [-0.39, 0.29) is 24.4 Å². The van der Waals surface area contributed by atoms with Gasteiger partial charge in [-0.1, -0.05) is 51.7 Å². The lowest BCUT2D eigenvalue weighted by Crippen LogP contribution is -2.43. The van der Waals surface area contributed by atoms with Crippen molar-refractivity contribution in [2.75, 3.05) is 36.5 Å². The third kappa shape index (κ3) is 6.15. The minimum absolute atomic E-state index is 0.0250. The highest BCUT2D eigenvalue weighted by atomic mass is 16.5. The van der Waals surface area contributed by atoms with Crippen molar-refractivity contribution in [3.05, 3.63) is 41.1 Å². The molecule has 0 radical (unpaired) electrons. The lowest BCUT2D eigenvalue weighted by Gasteiger charge is -2.33. The summed E-state index contributed by atoms with van der Waals surface area (Å²) in [6.07, 6.45) is 9.71. The van der Waals surface area contributed by atoms with Crippen molar-refractivity contribution in [1.82, 2.24) is 9.97 Å². The summed E-state index contributed by atoms with van der Waals surface area (Å²) >= 11 is 0. The Morgan fingerprint density at radius 1 is 1.11 bits per heavy atom. The van der Waals surface area contributed by atoms with Crippen LogP contribution in [0.5, 0.6) is 0 Å². The molecule has 2 atom stereocenters. The first-order valence-electron chi connectivity index (χ1n) is 14.3. The number of benzene rings is 1. The van der Waals surface area contributed by atoms with E-state index in [2.05, 4.69) is 48.3 Å². The molecule has 1 aromatic carbocycles. The average Bonchev–Trinajstić information content (AvgIpc) is 3.24. The van der Waals surface area contributed by atoms with Crippen molar-refractivity contribution in [3.63, 3.8) is 0 Å². The molecule has 2 N–H and O–H groups in total. The highest BCUT2D eigenvalue weighted by Gasteiger charge is 2.36. The number of Topliss-reactive ketones (excluding diaryl/α,β-unsaturated/α-hetero) is 1. The number of rotatable bonds is 9. The first-order valence-corrected chi connectivity index (χ1v) is 14.3. The topological polar surface area (TPSA) is 87.6 Å². The predicted molar refractivity (Wildman–Crippen MR) is 147 cm³/mol. The molecule has 200 valence electrons. The molecule has 2 aromatic rings. The molecule has 2 fully saturated rings. The molecule has 2 heterocycles. The van der Waals surface area contributed by atoms with Gasteiger partial charge in [0.1, 0.15) is 11.5 Å². The number of anilines is 3. The van der Waals surface area contributed by atoms with Gasteiger partial charge in [-0.25, -0.2) is 4.98 Å². The first kappa shape index (κ1) is 26.1. The number of nitrogens with zero attached hydrogens (tertiary/aromatic N) is 3. The van der Waals surface area contributed by atoms with E-state index in [0.717, 1.165) is 29.9 Å². The molecule has 1 saturated heterocycles. The number of hydrogen-bond acceptors (Lipinski definition) is 7. The molecule has 7 nitrogen and oxygen atoms in total. The van der Waals surface area contributed by atoms with E-state index in [1.165, 1.54) is 37.7 Å². The van der Waals surface area contributed by atoms with Crippen molar-refractivity contribution in [2.45, 2.75) is 83.7 Å². The highest BCUT2D eigenvalue weighted by molar-refractivity contribution is 6.02. The molecule has 0 amide bonds. The van der Waals surface area contributed by atoms with Gasteiger partial charge < -0.3 is 20.1 Å². The minimum atomic E-state index is -0.0613. The number of ketones is 1. The number of nitrogens with one attached hydrogen (secondary N) is 1. The van der Waals surface area contributed by atoms with Gasteiger partial charge in [-0.15, -0.1) is 0 Å². The quantitative estimate of drug-likeness (QED) is 0.455. The first-order chi connectivity index (χ1) is 18.0. The van der Waals surface area contributed by atoms with Gasteiger partial charge >= 0.3 is 0 Å². The van der Waals surface area contributed by atoms with Gasteiger partial charge in [0, 0.05) is 36.9 Å². The lowest BCUT2D eigenvalue weighted by atomic mass is 9.84. The summed E-state index contributed by atoms with van der Waals surface area (Å²) in [5.74, 6) is 2.68. The van der Waals surface area contributed by atoms with Crippen LogP contribution in [0.3, 0.4) is 0 Å². The zero-order valence-corrected chi connectivity index (χ0v) is 22.4. The lowest BCUT2D eigenvalue weighted by molar-refractivity contribution is 0.0242. The molecule has 0 spiro atoms. The standard InChI is InChI=1S/C30H42N4O3/c1-20(2)8-9-23-18-26-27(28(23)36)32-30(34-15-17-37-25(19-34)14-16-35)33-29(26)31-24-12-10-22(11-13-24)21-6-4-3-5-7-21/h10-13,20-21,23,25,35H,3-9,14-19H2,1-2H3,(H,31,32,33). The number of aromatic nitrogens is 2. The second kappa shape index (κ2) is 11.9. The maximum atomic E-state index is 13.4. The number of ether oxygens (including phenoxy) is 1. The number of hydrogen-bond donors (Lipinski definition) is 2. The van der Waals surface area contributed by atoms with E-state index in [1.54, 1.807) is 0 Å². The van der Waals surface area contributed by atoms with Crippen molar-refractivity contribution >= 4 is 23.2 Å². The van der Waals surface area contributed by atoms with Crippen LogP contribution in [0.1, 0.15) is 92.7 Å². The van der Waals surface area contributed by atoms with Crippen molar-refractivity contribution < 1.29 is 14.6 Å². The Balaban J connectivity index is 1.41. The van der Waals surface area contributed by atoms with Crippen LogP contribution in [-0.4, -0.2) is 53.3 Å². The molecule has 1 aliphatic heterocycles. The Morgan fingerprint density at radius 3 is 2.62 bits per heavy atom. The van der Waals surface area contributed by atoms with Crippen LogP contribution in [0.15, 0.2) is 24.3 Å². The molecule has 7 heteroatoms. The number of fused-ring (bicyclic) bond motifs is 1. The Morgan fingerprint density at radius 2 is 1.89 bits per heavy atom. The van der Waals surface area contributed by atoms with E-state index in [9.17, 15) is 9.90 Å². The van der Waals surface area contributed by atoms with Crippen LogP contribution in [0.4, 0.5) is 17.5 Å². The smallest absolute Gasteiger partial charge is 0.228 e. The summed E-state index contributed by atoms with van der Waals surface area (Å²) in [5.41, 5.74) is 3.93. The van der Waals surface area contributed by atoms with Gasteiger partial charge in [0.15, 0.2) is 5.78 Å². The van der Waals surface area contributed by atoms with Crippen LogP contribution in [-0.2, 0) is 11.2 Å². The number of aliphatic hydroxyl groups excluding tert-OH is 1. The average molecular weight is 507 g/mol. The summed E-state index contributed by atoms with van der Waals surface area (Å²) in [5, 5.41) is 12.9. The van der Waals surface area contributed by atoms with Gasteiger partial charge in [-0.2, -0.15) is 4.98 Å². The molecular formula is C30H42N4O3. The predicted octanol–water partition coefficient (Wildman–Crippen LogP) is 5.65. The largest absolute Gasteiger partial charge is 0.396 e. The summed E-state index contributed by atoms with van der Waals surface area (Å²) in [6, 6.07) is 8.80. The van der Waals surface area contributed by atoms with Crippen LogP contribution >= 0.6 is 0 Å². The minimum Gasteiger partial charge on any atom is -0.396 e. The number of carbonyl (C=O) groups excluding carboxylic acids is 1. The number of morpholine rings is 1. The second-order valence-electron chi connectivity index (χ2n) is 11.5. The van der Waals surface area contributed by atoms with Crippen molar-refractivity contribution in [1.29, 1.82) is 0 Å². The van der Waals surface area contributed by atoms with Crippen LogP contribution in [0, 0.1) is 11.8 Å². The number of aliphatic hydroxyl groups is 1. The highest BCUT2D eigenvalue weighted by Crippen LogP contribution is 2.37. The molecule has 37 heavy (non-hydrogen) atoms. The van der Waals surface area contributed by atoms with E-state index < -0.39 is 0 Å². The van der Waals surface area contributed by atoms with E-state index in [4.69, 9.17) is 14.7 Å². The third-order valence-electron chi connectivity index (χ3n) is 8.27. The Labute approximate surface area is 221 Å². The summed E-state index contributed by atoms with van der Waals surface area (Å²) in [7, 11) is 0. The maximum absolute atomic E-state index is 13.4. The Hall–Kier alpha value is -2.51. The van der Waals surface area contributed by atoms with Crippen LogP contribution < -0.4 is 10.2 Å². The summed E-state index contributed by atoms with van der Waals surface area (Å²) in [4.78, 5) is 25.3. The fourth-order valence-electron chi connectivity index (χ4n) is 6.05.